The molecule has 0 aromatic carbocycles. The molecular weight excluding hydrogens is 345 g/mol. The van der Waals surface area contributed by atoms with Gasteiger partial charge in [0.1, 0.15) is 0 Å². The zero-order valence-electron chi connectivity index (χ0n) is 11.9. The average Bonchev–Trinajstić information content (AvgIpc) is 2.37. The van der Waals surface area contributed by atoms with Crippen molar-refractivity contribution in [3.05, 3.63) is 0 Å². The Labute approximate surface area is 126 Å². The molecule has 1 aliphatic heterocycles. The molecule has 138 valence electrons. The van der Waals surface area contributed by atoms with Gasteiger partial charge in [-0.2, -0.15) is 39.5 Å². The molecule has 0 spiro atoms. The summed E-state index contributed by atoms with van der Waals surface area (Å²) in [5, 5.41) is 0. The highest BCUT2D eigenvalue weighted by Crippen LogP contribution is 2.27. The third kappa shape index (κ3) is 6.71. The Kier molecular flexibility index (Phi) is 6.55. The van der Waals surface area contributed by atoms with Gasteiger partial charge in [0, 0.05) is 39.3 Å². The highest BCUT2D eigenvalue weighted by Gasteiger charge is 2.42. The van der Waals surface area contributed by atoms with Crippen LogP contribution < -0.4 is 0 Å². The minimum Gasteiger partial charge on any atom is -0.214 e. The molecule has 0 unspecified atom stereocenters. The fourth-order valence-electron chi connectivity index (χ4n) is 2.24. The highest BCUT2D eigenvalue weighted by molar-refractivity contribution is 4.72. The molecule has 12 heteroatoms. The fraction of sp³-hybridized carbons (Fsp3) is 1.00. The van der Waals surface area contributed by atoms with Crippen molar-refractivity contribution in [3.63, 3.8) is 0 Å². The molecule has 1 aliphatic rings. The summed E-state index contributed by atoms with van der Waals surface area (Å²) in [5.74, 6) is 0. The predicted octanol–water partition coefficient (Wildman–Crippen LogP) is 3.25. The van der Waals surface area contributed by atoms with E-state index in [1.165, 1.54) is 0 Å². The third-order valence-electron chi connectivity index (χ3n) is 3.43. The van der Waals surface area contributed by atoms with Gasteiger partial charge in [-0.3, -0.25) is 0 Å². The van der Waals surface area contributed by atoms with Gasteiger partial charge in [0.25, 0.3) is 0 Å². The maximum Gasteiger partial charge on any atom is 0.459 e. The zero-order valence-corrected chi connectivity index (χ0v) is 11.9. The normalized spacial score (nSPS) is 22.8. The van der Waals surface area contributed by atoms with Crippen LogP contribution in [-0.2, 0) is 0 Å². The summed E-state index contributed by atoms with van der Waals surface area (Å²) in [6, 6.07) is 0. The van der Waals surface area contributed by atoms with E-state index < -0.39 is 71.0 Å². The second-order valence-electron chi connectivity index (χ2n) is 5.07. The fourth-order valence-corrected chi connectivity index (χ4v) is 2.24. The van der Waals surface area contributed by atoms with Crippen LogP contribution in [-0.4, -0.2) is 72.9 Å². The Hall–Kier alpha value is -0.750. The van der Waals surface area contributed by atoms with Crippen LogP contribution in [0.5, 0.6) is 0 Å². The molecule has 0 aromatic heterocycles. The molecule has 0 N–H and O–H groups in total. The number of rotatable bonds is 0. The lowest BCUT2D eigenvalue weighted by molar-refractivity contribution is -0.265. The van der Waals surface area contributed by atoms with E-state index in [2.05, 4.69) is 0 Å². The minimum atomic E-state index is -4.89. The van der Waals surface area contributed by atoms with Crippen LogP contribution in [0.3, 0.4) is 0 Å². The SMILES string of the molecule is FC(F)(F)N1CCCN(C(F)(F)F)CCN(C(F)(F)F)CCC1. The van der Waals surface area contributed by atoms with Crippen LogP contribution in [0.4, 0.5) is 39.5 Å². The second-order valence-corrected chi connectivity index (χ2v) is 5.07. The van der Waals surface area contributed by atoms with Crippen LogP contribution in [0.2, 0.25) is 0 Å². The van der Waals surface area contributed by atoms with Crippen molar-refractivity contribution in [2.45, 2.75) is 31.7 Å². The van der Waals surface area contributed by atoms with E-state index in [9.17, 15) is 39.5 Å². The van der Waals surface area contributed by atoms with E-state index >= 15 is 0 Å². The molecule has 0 amide bonds. The highest BCUT2D eigenvalue weighted by atomic mass is 19.4. The maximum absolute atomic E-state index is 12.7. The minimum absolute atomic E-state index is 0.0541. The molecule has 23 heavy (non-hydrogen) atoms. The molecule has 0 radical (unpaired) electrons. The van der Waals surface area contributed by atoms with E-state index in [1.807, 2.05) is 0 Å². The Morgan fingerprint density at radius 2 is 0.609 bits per heavy atom. The largest absolute Gasteiger partial charge is 0.459 e. The Balaban J connectivity index is 2.89. The topological polar surface area (TPSA) is 9.72 Å². The smallest absolute Gasteiger partial charge is 0.214 e. The Morgan fingerprint density at radius 3 is 0.826 bits per heavy atom. The molecule has 0 aliphatic carbocycles. The molecule has 1 fully saturated rings. The lowest BCUT2D eigenvalue weighted by Crippen LogP contribution is -2.47. The van der Waals surface area contributed by atoms with Crippen molar-refractivity contribution < 1.29 is 39.5 Å². The molecule has 0 aromatic rings. The van der Waals surface area contributed by atoms with Gasteiger partial charge in [-0.05, 0) is 12.8 Å². The Morgan fingerprint density at radius 1 is 0.391 bits per heavy atom. The van der Waals surface area contributed by atoms with Crippen molar-refractivity contribution in [2.24, 2.45) is 0 Å². The lowest BCUT2D eigenvalue weighted by Gasteiger charge is -2.29. The van der Waals surface area contributed by atoms with Gasteiger partial charge in [-0.1, -0.05) is 0 Å². The maximum atomic E-state index is 12.7. The number of halogens is 9. The summed E-state index contributed by atoms with van der Waals surface area (Å²) in [4.78, 5) is -0.432. The van der Waals surface area contributed by atoms with Crippen LogP contribution >= 0.6 is 0 Å². The monoisotopic (exact) mass is 361 g/mol. The van der Waals surface area contributed by atoms with E-state index in [1.54, 1.807) is 0 Å². The summed E-state index contributed by atoms with van der Waals surface area (Å²) >= 11 is 0. The Bertz CT molecular complexity index is 335. The van der Waals surface area contributed by atoms with E-state index in [-0.39, 0.29) is 14.7 Å². The summed E-state index contributed by atoms with van der Waals surface area (Å²) in [6.07, 6.45) is -15.5. The van der Waals surface area contributed by atoms with Crippen LogP contribution in [0.25, 0.3) is 0 Å². The van der Waals surface area contributed by atoms with Gasteiger partial charge in [0.05, 0.1) is 0 Å². The predicted molar refractivity (Wildman–Crippen MR) is 62.1 cm³/mol. The van der Waals surface area contributed by atoms with Crippen LogP contribution in [0.1, 0.15) is 12.8 Å². The average molecular weight is 361 g/mol. The van der Waals surface area contributed by atoms with Gasteiger partial charge in [0.2, 0.25) is 0 Å². The first kappa shape index (κ1) is 20.3. The molecule has 1 heterocycles. The van der Waals surface area contributed by atoms with Crippen molar-refractivity contribution in [2.75, 3.05) is 39.3 Å². The second kappa shape index (κ2) is 7.43. The first-order chi connectivity index (χ1) is 10.3. The standard InChI is InChI=1S/C11H16F9N3/c12-9(13,14)21-3-1-5-22(10(15,16)17)7-8-23(6-2-4-21)11(18,19)20/h1-8H2. The van der Waals surface area contributed by atoms with E-state index in [0.717, 1.165) is 0 Å². The molecule has 0 bridgehead atoms. The third-order valence-corrected chi connectivity index (χ3v) is 3.43. The first-order valence-corrected chi connectivity index (χ1v) is 6.77. The van der Waals surface area contributed by atoms with Gasteiger partial charge >= 0.3 is 18.9 Å². The van der Waals surface area contributed by atoms with Crippen molar-refractivity contribution >= 4 is 0 Å². The molecule has 3 nitrogen and oxygen atoms in total. The first-order valence-electron chi connectivity index (χ1n) is 6.77. The number of alkyl halides is 9. The molecule has 0 atom stereocenters. The van der Waals surface area contributed by atoms with Gasteiger partial charge in [-0.25, -0.2) is 14.7 Å². The van der Waals surface area contributed by atoms with Crippen molar-refractivity contribution in [1.82, 2.24) is 14.7 Å². The van der Waals surface area contributed by atoms with Gasteiger partial charge in [-0.15, -0.1) is 0 Å². The summed E-state index contributed by atoms with van der Waals surface area (Å²) in [7, 11) is 0. The number of hydrogen-bond donors (Lipinski definition) is 0. The van der Waals surface area contributed by atoms with Gasteiger partial charge in [0.15, 0.2) is 0 Å². The van der Waals surface area contributed by atoms with Gasteiger partial charge < -0.3 is 0 Å². The molecule has 1 saturated heterocycles. The summed E-state index contributed by atoms with van der Waals surface area (Å²) in [5.41, 5.74) is 0. The number of nitrogens with zero attached hydrogens (tertiary/aromatic N) is 3. The van der Waals surface area contributed by atoms with Crippen molar-refractivity contribution in [3.8, 4) is 0 Å². The summed E-state index contributed by atoms with van der Waals surface area (Å²) < 4.78 is 115. The molecular formula is C11H16F9N3. The van der Waals surface area contributed by atoms with Crippen LogP contribution in [0, 0.1) is 0 Å². The number of hydrogen-bond acceptors (Lipinski definition) is 3. The quantitative estimate of drug-likeness (QED) is 0.485. The lowest BCUT2D eigenvalue weighted by atomic mass is 10.3. The molecule has 0 saturated carbocycles. The van der Waals surface area contributed by atoms with E-state index in [0.29, 0.717) is 0 Å². The summed E-state index contributed by atoms with van der Waals surface area (Å²) in [6.45, 7) is -4.86. The molecule has 1 rings (SSSR count). The van der Waals surface area contributed by atoms with Crippen molar-refractivity contribution in [1.29, 1.82) is 0 Å². The zero-order chi connectivity index (χ0) is 17.9. The van der Waals surface area contributed by atoms with Crippen LogP contribution in [0.15, 0.2) is 0 Å². The van der Waals surface area contributed by atoms with E-state index in [4.69, 9.17) is 0 Å².